The van der Waals surface area contributed by atoms with E-state index in [-0.39, 0.29) is 23.3 Å². The van der Waals surface area contributed by atoms with Crippen molar-refractivity contribution in [2.75, 3.05) is 12.9 Å². The van der Waals surface area contributed by atoms with E-state index in [0.29, 0.717) is 26.8 Å². The summed E-state index contributed by atoms with van der Waals surface area (Å²) >= 11 is 2.60. The number of methoxy groups -OCH3 is 1. The van der Waals surface area contributed by atoms with Crippen LogP contribution < -0.4 is 15.6 Å². The van der Waals surface area contributed by atoms with Gasteiger partial charge in [0.05, 0.1) is 24.1 Å². The molecule has 2 aromatic carbocycles. The number of carbonyl (C=O) groups excluding carboxylic acids is 1. The number of fused-ring (bicyclic) bond motifs is 1. The van der Waals surface area contributed by atoms with E-state index in [4.69, 9.17) is 4.74 Å². The van der Waals surface area contributed by atoms with Gasteiger partial charge in [-0.3, -0.25) is 14.2 Å². The van der Waals surface area contributed by atoms with E-state index in [2.05, 4.69) is 22.4 Å². The van der Waals surface area contributed by atoms with Crippen LogP contribution in [0.15, 0.2) is 76.0 Å². The number of nitrogens with zero attached hydrogens (tertiary/aromatic N) is 2. The summed E-state index contributed by atoms with van der Waals surface area (Å²) in [5.74, 6) is 0.636. The largest absolute Gasteiger partial charge is 0.495 e. The molecule has 0 saturated heterocycles. The van der Waals surface area contributed by atoms with Crippen LogP contribution in [0, 0.1) is 0 Å². The number of benzene rings is 2. The minimum Gasteiger partial charge on any atom is -0.495 e. The minimum absolute atomic E-state index is 0.0435. The predicted molar refractivity (Wildman–Crippen MR) is 135 cm³/mol. The Morgan fingerprint density at radius 3 is 2.70 bits per heavy atom. The Morgan fingerprint density at radius 1 is 1.15 bits per heavy atom. The van der Waals surface area contributed by atoms with Crippen molar-refractivity contribution in [2.24, 2.45) is 0 Å². The third kappa shape index (κ3) is 5.46. The highest BCUT2D eigenvalue weighted by Gasteiger charge is 2.18. The van der Waals surface area contributed by atoms with Crippen molar-refractivity contribution in [2.45, 2.75) is 31.0 Å². The molecule has 0 aliphatic carbocycles. The number of nitrogens with one attached hydrogen (secondary N) is 1. The van der Waals surface area contributed by atoms with E-state index in [1.807, 2.05) is 54.8 Å². The summed E-state index contributed by atoms with van der Waals surface area (Å²) in [5.41, 5.74) is 2.32. The highest BCUT2D eigenvalue weighted by atomic mass is 32.2. The molecule has 0 radical (unpaired) electrons. The minimum atomic E-state index is -0.168. The van der Waals surface area contributed by atoms with Crippen LogP contribution in [-0.2, 0) is 11.2 Å². The third-order valence-corrected chi connectivity index (χ3v) is 7.05. The second-order valence-corrected chi connectivity index (χ2v) is 9.48. The van der Waals surface area contributed by atoms with Crippen LogP contribution in [0.4, 0.5) is 0 Å². The molecule has 4 rings (SSSR count). The predicted octanol–water partition coefficient (Wildman–Crippen LogP) is 4.69. The Balaban J connectivity index is 1.50. The molecular weight excluding hydrogens is 454 g/mol. The smallest absolute Gasteiger partial charge is 0.276 e. The molecule has 2 aromatic heterocycles. The normalized spacial score (nSPS) is 11.9. The molecule has 6 nitrogen and oxygen atoms in total. The van der Waals surface area contributed by atoms with Crippen LogP contribution in [0.25, 0.3) is 15.9 Å². The van der Waals surface area contributed by atoms with E-state index >= 15 is 0 Å². The van der Waals surface area contributed by atoms with Crippen molar-refractivity contribution in [3.05, 3.63) is 82.0 Å². The van der Waals surface area contributed by atoms with Gasteiger partial charge in [0.25, 0.3) is 5.56 Å². The molecule has 33 heavy (non-hydrogen) atoms. The quantitative estimate of drug-likeness (QED) is 0.279. The summed E-state index contributed by atoms with van der Waals surface area (Å²) in [6.45, 7) is 2.01. The number of thiophene rings is 1. The Bertz CT molecular complexity index is 1300. The van der Waals surface area contributed by atoms with Crippen LogP contribution in [0.2, 0.25) is 0 Å². The fourth-order valence-corrected chi connectivity index (χ4v) is 5.14. The zero-order valence-corrected chi connectivity index (χ0v) is 20.1. The van der Waals surface area contributed by atoms with E-state index in [1.165, 1.54) is 33.2 Å². The lowest BCUT2D eigenvalue weighted by Crippen LogP contribution is -2.34. The fraction of sp³-hybridized carbons (Fsp3) is 0.240. The Labute approximate surface area is 200 Å². The molecule has 4 aromatic rings. The molecule has 1 amide bonds. The lowest BCUT2D eigenvalue weighted by Gasteiger charge is -2.16. The summed E-state index contributed by atoms with van der Waals surface area (Å²) in [6.07, 6.45) is 1.75. The molecule has 0 aliphatic heterocycles. The standard InChI is InChI=1S/C25H25N3O3S2/c1-17(12-13-18-8-4-3-5-9-18)26-22(29)16-33-25-27-19-14-15-32-23(19)24(30)28(25)20-10-6-7-11-21(20)31-2/h3-11,14-15,17H,12-13,16H2,1-2H3,(H,26,29)/t17-/m0/s1. The lowest BCUT2D eigenvalue weighted by atomic mass is 10.1. The van der Waals surface area contributed by atoms with E-state index in [0.717, 1.165) is 12.8 Å². The molecule has 1 atom stereocenters. The van der Waals surface area contributed by atoms with Gasteiger partial charge >= 0.3 is 0 Å². The van der Waals surface area contributed by atoms with E-state index in [1.54, 1.807) is 13.2 Å². The second-order valence-electron chi connectivity index (χ2n) is 7.62. The average Bonchev–Trinajstić information content (AvgIpc) is 3.31. The molecule has 0 spiro atoms. The van der Waals surface area contributed by atoms with Gasteiger partial charge in [0.1, 0.15) is 10.4 Å². The van der Waals surface area contributed by atoms with Crippen LogP contribution in [0.5, 0.6) is 5.75 Å². The maximum atomic E-state index is 13.3. The fourth-order valence-electron chi connectivity index (χ4n) is 3.56. The van der Waals surface area contributed by atoms with Gasteiger partial charge in [-0.2, -0.15) is 0 Å². The summed E-state index contributed by atoms with van der Waals surface area (Å²) in [6, 6.07) is 19.4. The third-order valence-electron chi connectivity index (χ3n) is 5.22. The van der Waals surface area contributed by atoms with Crippen molar-refractivity contribution in [3.8, 4) is 11.4 Å². The lowest BCUT2D eigenvalue weighted by molar-refractivity contribution is -0.119. The van der Waals surface area contributed by atoms with E-state index < -0.39 is 0 Å². The maximum absolute atomic E-state index is 13.3. The number of thioether (sulfide) groups is 1. The summed E-state index contributed by atoms with van der Waals surface area (Å²) in [4.78, 5) is 30.6. The van der Waals surface area contributed by atoms with Crippen LogP contribution in [0.1, 0.15) is 18.9 Å². The van der Waals surface area contributed by atoms with Gasteiger partial charge in [0, 0.05) is 6.04 Å². The first-order chi connectivity index (χ1) is 16.1. The zero-order chi connectivity index (χ0) is 23.2. The van der Waals surface area contributed by atoms with Crippen molar-refractivity contribution in [3.63, 3.8) is 0 Å². The molecule has 0 fully saturated rings. The van der Waals surface area contributed by atoms with Crippen LogP contribution in [0.3, 0.4) is 0 Å². The average molecular weight is 480 g/mol. The van der Waals surface area contributed by atoms with Crippen molar-refractivity contribution in [1.82, 2.24) is 14.9 Å². The SMILES string of the molecule is COc1ccccc1-n1c(SCC(=O)N[C@@H](C)CCc2ccccc2)nc2ccsc2c1=O. The van der Waals surface area contributed by atoms with Gasteiger partial charge in [-0.1, -0.05) is 54.2 Å². The van der Waals surface area contributed by atoms with E-state index in [9.17, 15) is 9.59 Å². The zero-order valence-electron chi connectivity index (χ0n) is 18.5. The van der Waals surface area contributed by atoms with Gasteiger partial charge in [-0.15, -0.1) is 11.3 Å². The molecule has 0 unspecified atom stereocenters. The molecule has 8 heteroatoms. The van der Waals surface area contributed by atoms with Crippen molar-refractivity contribution in [1.29, 1.82) is 0 Å². The monoisotopic (exact) mass is 479 g/mol. The summed E-state index contributed by atoms with van der Waals surface area (Å²) < 4.78 is 7.58. The summed E-state index contributed by atoms with van der Waals surface area (Å²) in [5, 5.41) is 5.36. The number of para-hydroxylation sites is 2. The first-order valence-corrected chi connectivity index (χ1v) is 12.5. The Hall–Kier alpha value is -3.10. The molecule has 0 bridgehead atoms. The maximum Gasteiger partial charge on any atom is 0.276 e. The van der Waals surface area contributed by atoms with Gasteiger partial charge in [0.15, 0.2) is 5.16 Å². The topological polar surface area (TPSA) is 73.2 Å². The number of rotatable bonds is 9. The molecule has 170 valence electrons. The number of hydrogen-bond acceptors (Lipinski definition) is 6. The van der Waals surface area contributed by atoms with Crippen LogP contribution in [-0.4, -0.2) is 34.4 Å². The number of aromatic nitrogens is 2. The van der Waals surface area contributed by atoms with Gasteiger partial charge in [-0.25, -0.2) is 4.98 Å². The number of carbonyl (C=O) groups is 1. The Kier molecular flexibility index (Phi) is 7.47. The first kappa shape index (κ1) is 23.1. The first-order valence-electron chi connectivity index (χ1n) is 10.7. The van der Waals surface area contributed by atoms with Gasteiger partial charge < -0.3 is 10.1 Å². The summed E-state index contributed by atoms with van der Waals surface area (Å²) in [7, 11) is 1.57. The van der Waals surface area contributed by atoms with Crippen molar-refractivity contribution < 1.29 is 9.53 Å². The number of ether oxygens (including phenoxy) is 1. The van der Waals surface area contributed by atoms with Crippen molar-refractivity contribution >= 4 is 39.2 Å². The molecule has 0 aliphatic rings. The van der Waals surface area contributed by atoms with Crippen LogP contribution >= 0.6 is 23.1 Å². The highest BCUT2D eigenvalue weighted by molar-refractivity contribution is 7.99. The van der Waals surface area contributed by atoms with Gasteiger partial charge in [0.2, 0.25) is 5.91 Å². The number of aryl methyl sites for hydroxylation is 1. The van der Waals surface area contributed by atoms with Gasteiger partial charge in [-0.05, 0) is 48.9 Å². The Morgan fingerprint density at radius 2 is 1.91 bits per heavy atom. The molecular formula is C25H25N3O3S2. The second kappa shape index (κ2) is 10.7. The molecule has 1 N–H and O–H groups in total. The number of amides is 1. The molecule has 0 saturated carbocycles. The highest BCUT2D eigenvalue weighted by Crippen LogP contribution is 2.28. The number of hydrogen-bond donors (Lipinski definition) is 1. The molecule has 2 heterocycles.